The number of benzene rings is 2. The van der Waals surface area contributed by atoms with Crippen LogP contribution in [0.3, 0.4) is 0 Å². The van der Waals surface area contributed by atoms with Gasteiger partial charge < -0.3 is 5.32 Å². The average molecular weight is 469 g/mol. The van der Waals surface area contributed by atoms with Crippen molar-refractivity contribution in [3.8, 4) is 5.69 Å². The number of hydrogen-bond acceptors (Lipinski definition) is 2. The number of carbonyl (C=O) groups is 1. The van der Waals surface area contributed by atoms with E-state index in [0.29, 0.717) is 4.68 Å². The maximum Gasteiger partial charge on any atom is 0.434 e. The molecule has 0 aliphatic rings. The molecule has 1 N–H and O–H groups in total. The summed E-state index contributed by atoms with van der Waals surface area (Å²) in [5, 5.41) is 6.54. The molecule has 1 aromatic heterocycles. The lowest BCUT2D eigenvalue weighted by molar-refractivity contribution is -0.143. The van der Waals surface area contributed by atoms with E-state index in [2.05, 4.69) is 10.4 Å². The van der Waals surface area contributed by atoms with Gasteiger partial charge in [0.1, 0.15) is 0 Å². The van der Waals surface area contributed by atoms with Crippen molar-refractivity contribution in [2.75, 3.05) is 5.32 Å². The van der Waals surface area contributed by atoms with Crippen LogP contribution in [0.2, 0.25) is 20.1 Å². The fourth-order valence-corrected chi connectivity index (χ4v) is 3.05. The molecule has 28 heavy (non-hydrogen) atoms. The van der Waals surface area contributed by atoms with E-state index >= 15 is 0 Å². The van der Waals surface area contributed by atoms with Crippen molar-refractivity contribution in [1.29, 1.82) is 0 Å². The van der Waals surface area contributed by atoms with Gasteiger partial charge in [-0.05, 0) is 36.4 Å². The first-order chi connectivity index (χ1) is 13.1. The van der Waals surface area contributed by atoms with Crippen LogP contribution in [-0.4, -0.2) is 15.7 Å². The third kappa shape index (κ3) is 4.22. The number of hydrogen-bond donors (Lipinski definition) is 1. The van der Waals surface area contributed by atoms with Crippen LogP contribution < -0.4 is 5.32 Å². The Hall–Kier alpha value is -1.93. The van der Waals surface area contributed by atoms with Gasteiger partial charge in [-0.15, -0.1) is 0 Å². The van der Waals surface area contributed by atoms with Gasteiger partial charge in [-0.2, -0.15) is 18.3 Å². The predicted octanol–water partition coefficient (Wildman–Crippen LogP) is 6.76. The summed E-state index contributed by atoms with van der Waals surface area (Å²) in [5.74, 6) is -1.03. The molecule has 0 spiro atoms. The van der Waals surface area contributed by atoms with Crippen molar-refractivity contribution in [2.24, 2.45) is 0 Å². The second kappa shape index (κ2) is 7.83. The number of nitrogens with zero attached hydrogens (tertiary/aromatic N) is 2. The molecule has 146 valence electrons. The molecule has 0 aliphatic heterocycles. The standard InChI is InChI=1S/C17H8Cl4F3N3O/c18-8-1-3-12(20)14(5-8)27-15(17(22,23)24)10(7-25-27)16(28)26-9-2-4-11(19)13(21)6-9/h1-7H,(H,26,28). The maximum absolute atomic E-state index is 13.7. The lowest BCUT2D eigenvalue weighted by atomic mass is 10.2. The van der Waals surface area contributed by atoms with E-state index in [-0.39, 0.29) is 31.5 Å². The Kier molecular flexibility index (Phi) is 5.82. The third-order valence-corrected chi connectivity index (χ3v) is 4.89. The predicted molar refractivity (Wildman–Crippen MR) is 103 cm³/mol. The topological polar surface area (TPSA) is 46.9 Å². The molecule has 1 amide bonds. The minimum atomic E-state index is -4.90. The van der Waals surface area contributed by atoms with Gasteiger partial charge >= 0.3 is 6.18 Å². The normalized spacial score (nSPS) is 11.5. The first-order valence-corrected chi connectivity index (χ1v) is 8.96. The zero-order valence-electron chi connectivity index (χ0n) is 13.5. The summed E-state index contributed by atoms with van der Waals surface area (Å²) in [6, 6.07) is 8.08. The molecule has 4 nitrogen and oxygen atoms in total. The summed E-state index contributed by atoms with van der Waals surface area (Å²) in [5.41, 5.74) is -1.94. The van der Waals surface area contributed by atoms with Crippen molar-refractivity contribution in [2.45, 2.75) is 6.18 Å². The van der Waals surface area contributed by atoms with Gasteiger partial charge in [0.25, 0.3) is 5.91 Å². The van der Waals surface area contributed by atoms with Gasteiger partial charge in [0.05, 0.1) is 32.5 Å². The Morgan fingerprint density at radius 1 is 0.964 bits per heavy atom. The van der Waals surface area contributed by atoms with Crippen molar-refractivity contribution in [3.05, 3.63) is 73.9 Å². The quantitative estimate of drug-likeness (QED) is 0.461. The highest BCUT2D eigenvalue weighted by molar-refractivity contribution is 6.42. The molecular formula is C17H8Cl4F3N3O. The molecule has 0 atom stereocenters. The first-order valence-electron chi connectivity index (χ1n) is 7.45. The van der Waals surface area contributed by atoms with E-state index in [1.807, 2.05) is 0 Å². The molecule has 0 unspecified atom stereocenters. The number of aromatic nitrogens is 2. The molecule has 0 radical (unpaired) electrons. The lowest BCUT2D eigenvalue weighted by Gasteiger charge is -2.14. The van der Waals surface area contributed by atoms with Gasteiger partial charge in [0.2, 0.25) is 0 Å². The number of anilines is 1. The van der Waals surface area contributed by atoms with E-state index in [1.54, 1.807) is 0 Å². The molecule has 1 heterocycles. The summed E-state index contributed by atoms with van der Waals surface area (Å²) in [4.78, 5) is 12.5. The summed E-state index contributed by atoms with van der Waals surface area (Å²) >= 11 is 23.5. The maximum atomic E-state index is 13.7. The highest BCUT2D eigenvalue weighted by atomic mass is 35.5. The highest BCUT2D eigenvalue weighted by Crippen LogP contribution is 2.36. The monoisotopic (exact) mass is 467 g/mol. The van der Waals surface area contributed by atoms with Crippen LogP contribution in [0.5, 0.6) is 0 Å². The van der Waals surface area contributed by atoms with Gasteiger partial charge in [0.15, 0.2) is 5.69 Å². The number of amides is 1. The van der Waals surface area contributed by atoms with Gasteiger partial charge in [0, 0.05) is 10.7 Å². The van der Waals surface area contributed by atoms with Crippen molar-refractivity contribution in [3.63, 3.8) is 0 Å². The molecule has 3 rings (SSSR count). The number of carbonyl (C=O) groups excluding carboxylic acids is 1. The second-order valence-electron chi connectivity index (χ2n) is 5.50. The number of halogens is 7. The lowest BCUT2D eigenvalue weighted by Crippen LogP contribution is -2.20. The fraction of sp³-hybridized carbons (Fsp3) is 0.0588. The number of nitrogens with one attached hydrogen (secondary N) is 1. The van der Waals surface area contributed by atoms with Crippen molar-refractivity contribution < 1.29 is 18.0 Å². The van der Waals surface area contributed by atoms with Crippen molar-refractivity contribution >= 4 is 58.0 Å². The Morgan fingerprint density at radius 2 is 1.64 bits per heavy atom. The number of rotatable bonds is 3. The van der Waals surface area contributed by atoms with Crippen LogP contribution in [-0.2, 0) is 6.18 Å². The summed E-state index contributed by atoms with van der Waals surface area (Å²) in [6.07, 6.45) is -4.10. The highest BCUT2D eigenvalue weighted by Gasteiger charge is 2.41. The Morgan fingerprint density at radius 3 is 2.29 bits per heavy atom. The summed E-state index contributed by atoms with van der Waals surface area (Å²) < 4.78 is 41.7. The molecule has 3 aromatic rings. The molecule has 0 bridgehead atoms. The van der Waals surface area contributed by atoms with Crippen LogP contribution >= 0.6 is 46.4 Å². The van der Waals surface area contributed by atoms with E-state index < -0.39 is 23.3 Å². The Bertz CT molecular complexity index is 1070. The SMILES string of the molecule is O=C(Nc1ccc(Cl)c(Cl)c1)c1cnn(-c2cc(Cl)ccc2Cl)c1C(F)(F)F. The molecule has 11 heteroatoms. The summed E-state index contributed by atoms with van der Waals surface area (Å²) in [7, 11) is 0. The Labute approximate surface area is 176 Å². The smallest absolute Gasteiger partial charge is 0.322 e. The second-order valence-corrected chi connectivity index (χ2v) is 7.15. The van der Waals surface area contributed by atoms with Crippen molar-refractivity contribution in [1.82, 2.24) is 9.78 Å². The zero-order chi connectivity index (χ0) is 20.6. The molecule has 0 fully saturated rings. The molecule has 0 aliphatic carbocycles. The minimum absolute atomic E-state index is 0.0190. The number of alkyl halides is 3. The van der Waals surface area contributed by atoms with Gasteiger partial charge in [-0.3, -0.25) is 4.79 Å². The largest absolute Gasteiger partial charge is 0.434 e. The van der Waals surface area contributed by atoms with Crippen LogP contribution in [0.25, 0.3) is 5.69 Å². The minimum Gasteiger partial charge on any atom is -0.322 e. The van der Waals surface area contributed by atoms with Crippen LogP contribution in [0.15, 0.2) is 42.6 Å². The molecular weight excluding hydrogens is 461 g/mol. The van der Waals surface area contributed by atoms with Crippen LogP contribution in [0, 0.1) is 0 Å². The van der Waals surface area contributed by atoms with Crippen LogP contribution in [0.1, 0.15) is 16.1 Å². The third-order valence-electron chi connectivity index (χ3n) is 3.60. The average Bonchev–Trinajstić information content (AvgIpc) is 3.05. The van der Waals surface area contributed by atoms with Gasteiger partial charge in [-0.25, -0.2) is 4.68 Å². The molecule has 2 aromatic carbocycles. The van der Waals surface area contributed by atoms with E-state index in [0.717, 1.165) is 6.20 Å². The van der Waals surface area contributed by atoms with E-state index in [4.69, 9.17) is 46.4 Å². The zero-order valence-corrected chi connectivity index (χ0v) is 16.5. The summed E-state index contributed by atoms with van der Waals surface area (Å²) in [6.45, 7) is 0. The fourth-order valence-electron chi connectivity index (χ4n) is 2.39. The Balaban J connectivity index is 2.06. The molecule has 0 saturated heterocycles. The van der Waals surface area contributed by atoms with Gasteiger partial charge in [-0.1, -0.05) is 46.4 Å². The molecule has 0 saturated carbocycles. The van der Waals surface area contributed by atoms with E-state index in [9.17, 15) is 18.0 Å². The van der Waals surface area contributed by atoms with E-state index in [1.165, 1.54) is 36.4 Å². The first kappa shape index (κ1) is 20.8. The van der Waals surface area contributed by atoms with Crippen LogP contribution in [0.4, 0.5) is 18.9 Å².